The van der Waals surface area contributed by atoms with Crippen molar-refractivity contribution in [2.45, 2.75) is 77.2 Å². The standard InChI is InChI=1S/C31H33Cl2FN2O4/c1-16(2)14-39-31(37)21-10-9-19(12-26(21)34)36-17(3)22-11-20(36)13-27(22)38-15-23-29(35-40-30(23)18-7-8-18)28-24(32)5-4-6-25(28)33/h4-6,9-10,12,16-18,20,22,27H,7-8,11,13-15H2,1-3H3/t17-,20+,22+,27-/m1/s1. The molecule has 0 radical (unpaired) electrons. The second-order valence-electron chi connectivity index (χ2n) is 11.7. The van der Waals surface area contributed by atoms with Gasteiger partial charge in [0.25, 0.3) is 0 Å². The van der Waals surface area contributed by atoms with Gasteiger partial charge in [-0.05, 0) is 68.9 Å². The van der Waals surface area contributed by atoms with Gasteiger partial charge in [0.1, 0.15) is 17.3 Å². The first-order chi connectivity index (χ1) is 19.2. The van der Waals surface area contributed by atoms with Crippen molar-refractivity contribution in [2.24, 2.45) is 11.8 Å². The van der Waals surface area contributed by atoms with Crippen LogP contribution in [0.5, 0.6) is 0 Å². The molecule has 0 N–H and O–H groups in total. The molecule has 3 aromatic rings. The summed E-state index contributed by atoms with van der Waals surface area (Å²) in [7, 11) is 0. The van der Waals surface area contributed by atoms with Crippen molar-refractivity contribution in [3.8, 4) is 11.3 Å². The summed E-state index contributed by atoms with van der Waals surface area (Å²) in [4.78, 5) is 14.6. The lowest BCUT2D eigenvalue weighted by Crippen LogP contribution is -2.45. The zero-order valence-electron chi connectivity index (χ0n) is 22.8. The molecule has 2 bridgehead atoms. The van der Waals surface area contributed by atoms with E-state index in [0.717, 1.165) is 42.7 Å². The van der Waals surface area contributed by atoms with Gasteiger partial charge in [-0.2, -0.15) is 0 Å². The number of benzene rings is 2. The number of aromatic nitrogens is 1. The zero-order chi connectivity index (χ0) is 28.1. The quantitative estimate of drug-likeness (QED) is 0.236. The van der Waals surface area contributed by atoms with Crippen LogP contribution in [0, 0.1) is 17.7 Å². The molecule has 2 saturated carbocycles. The van der Waals surface area contributed by atoms with Gasteiger partial charge in [0.15, 0.2) is 0 Å². The third-order valence-electron chi connectivity index (χ3n) is 8.40. The molecular weight excluding hydrogens is 554 g/mol. The van der Waals surface area contributed by atoms with Crippen molar-refractivity contribution in [1.29, 1.82) is 0 Å². The highest BCUT2D eigenvalue weighted by Crippen LogP contribution is 2.49. The van der Waals surface area contributed by atoms with E-state index >= 15 is 0 Å². The van der Waals surface area contributed by atoms with Crippen molar-refractivity contribution in [3.05, 3.63) is 69.1 Å². The minimum atomic E-state index is -0.626. The summed E-state index contributed by atoms with van der Waals surface area (Å²) in [5.74, 6) is 0.523. The number of carbonyl (C=O) groups excluding carboxylic acids is 1. The Morgan fingerprint density at radius 2 is 1.93 bits per heavy atom. The molecule has 0 spiro atoms. The van der Waals surface area contributed by atoms with Crippen LogP contribution in [-0.4, -0.2) is 35.9 Å². The van der Waals surface area contributed by atoms with E-state index in [1.807, 2.05) is 26.0 Å². The molecule has 0 unspecified atom stereocenters. The first-order valence-corrected chi connectivity index (χ1v) is 14.8. The lowest BCUT2D eigenvalue weighted by atomic mass is 9.96. The van der Waals surface area contributed by atoms with Crippen LogP contribution >= 0.6 is 23.2 Å². The van der Waals surface area contributed by atoms with Gasteiger partial charge in [-0.15, -0.1) is 0 Å². The number of rotatable bonds is 9. The van der Waals surface area contributed by atoms with E-state index in [2.05, 4.69) is 17.0 Å². The van der Waals surface area contributed by atoms with Gasteiger partial charge in [0.2, 0.25) is 0 Å². The molecule has 3 aliphatic rings. The largest absolute Gasteiger partial charge is 0.462 e. The van der Waals surface area contributed by atoms with E-state index in [0.29, 0.717) is 39.7 Å². The highest BCUT2D eigenvalue weighted by Gasteiger charge is 2.50. The van der Waals surface area contributed by atoms with Crippen molar-refractivity contribution in [1.82, 2.24) is 5.16 Å². The lowest BCUT2D eigenvalue weighted by Gasteiger charge is -2.38. The maximum Gasteiger partial charge on any atom is 0.341 e. The minimum absolute atomic E-state index is 0.0303. The Bertz CT molecular complexity index is 1400. The van der Waals surface area contributed by atoms with Crippen LogP contribution < -0.4 is 4.90 Å². The van der Waals surface area contributed by atoms with Crippen LogP contribution in [0.3, 0.4) is 0 Å². The van der Waals surface area contributed by atoms with Crippen LogP contribution in [0.25, 0.3) is 11.3 Å². The maximum atomic E-state index is 15.0. The fraction of sp³-hybridized carbons (Fsp3) is 0.484. The molecule has 3 fully saturated rings. The van der Waals surface area contributed by atoms with Gasteiger partial charge in [-0.3, -0.25) is 0 Å². The van der Waals surface area contributed by atoms with Crippen LogP contribution in [-0.2, 0) is 16.1 Å². The Labute approximate surface area is 243 Å². The molecule has 0 amide bonds. The van der Waals surface area contributed by atoms with Gasteiger partial charge >= 0.3 is 5.97 Å². The van der Waals surface area contributed by atoms with E-state index in [1.54, 1.807) is 12.1 Å². The van der Waals surface area contributed by atoms with E-state index in [9.17, 15) is 9.18 Å². The highest BCUT2D eigenvalue weighted by molar-refractivity contribution is 6.39. The average molecular weight is 588 g/mol. The van der Waals surface area contributed by atoms with Crippen molar-refractivity contribution in [2.75, 3.05) is 11.5 Å². The molecular formula is C31H33Cl2FN2O4. The number of fused-ring (bicyclic) bond motifs is 2. The number of hydrogen-bond donors (Lipinski definition) is 0. The van der Waals surface area contributed by atoms with Crippen molar-refractivity contribution >= 4 is 34.9 Å². The summed E-state index contributed by atoms with van der Waals surface area (Å²) in [6.45, 7) is 6.68. The fourth-order valence-electron chi connectivity index (χ4n) is 6.31. The molecule has 2 aromatic carbocycles. The number of hydrogen-bond acceptors (Lipinski definition) is 6. The van der Waals surface area contributed by atoms with Gasteiger partial charge in [0, 0.05) is 40.7 Å². The van der Waals surface area contributed by atoms with E-state index in [4.69, 9.17) is 37.2 Å². The fourth-order valence-corrected chi connectivity index (χ4v) is 6.88. The monoisotopic (exact) mass is 586 g/mol. The summed E-state index contributed by atoms with van der Waals surface area (Å²) in [5.41, 5.74) is 3.00. The van der Waals surface area contributed by atoms with E-state index in [1.165, 1.54) is 12.1 Å². The van der Waals surface area contributed by atoms with Crippen LogP contribution in [0.15, 0.2) is 40.9 Å². The third kappa shape index (κ3) is 5.12. The molecule has 2 aliphatic carbocycles. The smallest absolute Gasteiger partial charge is 0.341 e. The molecule has 4 atom stereocenters. The van der Waals surface area contributed by atoms with Crippen molar-refractivity contribution in [3.63, 3.8) is 0 Å². The normalized spacial score (nSPS) is 23.8. The molecule has 6 rings (SSSR count). The zero-order valence-corrected chi connectivity index (χ0v) is 24.3. The Kier molecular flexibility index (Phi) is 7.57. The highest BCUT2D eigenvalue weighted by atomic mass is 35.5. The number of carbonyl (C=O) groups is 1. The molecule has 40 heavy (non-hydrogen) atoms. The molecule has 212 valence electrons. The summed E-state index contributed by atoms with van der Waals surface area (Å²) in [5, 5.41) is 5.43. The van der Waals surface area contributed by atoms with E-state index in [-0.39, 0.29) is 36.3 Å². The van der Waals surface area contributed by atoms with Gasteiger partial charge in [-0.25, -0.2) is 9.18 Å². The first-order valence-electron chi connectivity index (χ1n) is 14.0. The number of halogens is 3. The summed E-state index contributed by atoms with van der Waals surface area (Å²) >= 11 is 13.0. The molecule has 9 heteroatoms. The summed E-state index contributed by atoms with van der Waals surface area (Å²) in [6.07, 6.45) is 4.00. The minimum Gasteiger partial charge on any atom is -0.462 e. The van der Waals surface area contributed by atoms with Crippen LogP contribution in [0.4, 0.5) is 10.1 Å². The lowest BCUT2D eigenvalue weighted by molar-refractivity contribution is 0.00367. The molecule has 2 heterocycles. The van der Waals surface area contributed by atoms with Crippen LogP contribution in [0.2, 0.25) is 10.0 Å². The Balaban J connectivity index is 1.16. The summed E-state index contributed by atoms with van der Waals surface area (Å²) in [6, 6.07) is 10.6. The number of ether oxygens (including phenoxy) is 2. The molecule has 1 aliphatic heterocycles. The average Bonchev–Trinajstić information content (AvgIpc) is 3.42. The number of esters is 1. The topological polar surface area (TPSA) is 64.8 Å². The van der Waals surface area contributed by atoms with Gasteiger partial charge in [0.05, 0.1) is 34.9 Å². The molecule has 1 saturated heterocycles. The maximum absolute atomic E-state index is 15.0. The van der Waals surface area contributed by atoms with Crippen LogP contribution in [0.1, 0.15) is 74.1 Å². The molecule has 1 aromatic heterocycles. The van der Waals surface area contributed by atoms with Crippen molar-refractivity contribution < 1.29 is 23.2 Å². The number of piperidine rings is 1. The van der Waals surface area contributed by atoms with E-state index < -0.39 is 11.8 Å². The second kappa shape index (κ2) is 11.0. The third-order valence-corrected chi connectivity index (χ3v) is 9.03. The molecule has 6 nitrogen and oxygen atoms in total. The predicted molar refractivity (Wildman–Crippen MR) is 152 cm³/mol. The van der Waals surface area contributed by atoms with Gasteiger partial charge < -0.3 is 18.9 Å². The summed E-state index contributed by atoms with van der Waals surface area (Å²) < 4.78 is 32.5. The Hall–Kier alpha value is -2.61. The number of anilines is 1. The SMILES string of the molecule is CC(C)COC(=O)c1ccc(N2[C@H]3C[C@@H]([C@H]2C)[C@H](OCc2c(-c4c(Cl)cccc4Cl)noc2C2CC2)C3)cc1F. The predicted octanol–water partition coefficient (Wildman–Crippen LogP) is 8.05. The Morgan fingerprint density at radius 3 is 2.58 bits per heavy atom. The number of nitrogens with zero attached hydrogens (tertiary/aromatic N) is 2. The van der Waals surface area contributed by atoms with Gasteiger partial charge in [-0.1, -0.05) is 48.3 Å². The Morgan fingerprint density at radius 1 is 1.18 bits per heavy atom. The first kappa shape index (κ1) is 27.6. The second-order valence-corrected chi connectivity index (χ2v) is 12.5.